The summed E-state index contributed by atoms with van der Waals surface area (Å²) in [6, 6.07) is 0. The number of ether oxygens (including phenoxy) is 1. The van der Waals surface area contributed by atoms with Crippen LogP contribution in [0.25, 0.3) is 0 Å². The second-order valence-corrected chi connectivity index (χ2v) is 4.18. The molecule has 2 unspecified atom stereocenters. The van der Waals surface area contributed by atoms with Gasteiger partial charge >= 0.3 is 0 Å². The smallest absolute Gasteiger partial charge is 0.0920 e. The molecule has 1 rings (SSSR count). The van der Waals surface area contributed by atoms with Gasteiger partial charge in [0.25, 0.3) is 0 Å². The number of allylic oxidation sites excluding steroid dienone is 2. The summed E-state index contributed by atoms with van der Waals surface area (Å²) in [6.07, 6.45) is 6.20. The average molecular weight is 194 g/mol. The molecule has 1 saturated carbocycles. The Morgan fingerprint density at radius 3 is 2.29 bits per heavy atom. The normalized spacial score (nSPS) is 27.0. The first-order valence-electron chi connectivity index (χ1n) is 5.61. The highest BCUT2D eigenvalue weighted by atomic mass is 16.5. The highest BCUT2D eigenvalue weighted by Crippen LogP contribution is 2.39. The number of rotatable bonds is 4. The average Bonchev–Trinajstić information content (AvgIpc) is 2.27. The van der Waals surface area contributed by atoms with Gasteiger partial charge in [0.05, 0.1) is 12.9 Å². The molecule has 1 fully saturated rings. The van der Waals surface area contributed by atoms with E-state index in [1.54, 1.807) is 7.11 Å². The van der Waals surface area contributed by atoms with Gasteiger partial charge < -0.3 is 4.74 Å². The minimum absolute atomic E-state index is 0.515. The maximum Gasteiger partial charge on any atom is 0.0920 e. The quantitative estimate of drug-likeness (QED) is 0.487. The largest absolute Gasteiger partial charge is 0.501 e. The molecule has 2 atom stereocenters. The van der Waals surface area contributed by atoms with Crippen LogP contribution in [0.4, 0.5) is 0 Å². The van der Waals surface area contributed by atoms with Gasteiger partial charge in [0.1, 0.15) is 0 Å². The van der Waals surface area contributed by atoms with Crippen molar-refractivity contribution in [3.63, 3.8) is 0 Å². The van der Waals surface area contributed by atoms with E-state index in [2.05, 4.69) is 20.1 Å². The van der Waals surface area contributed by atoms with Crippen molar-refractivity contribution >= 4 is 0 Å². The molecule has 0 heterocycles. The van der Waals surface area contributed by atoms with Crippen molar-refractivity contribution in [1.29, 1.82) is 0 Å². The maximum absolute atomic E-state index is 5.28. The molecule has 0 aromatic heterocycles. The van der Waals surface area contributed by atoms with E-state index < -0.39 is 0 Å². The third-order valence-electron chi connectivity index (χ3n) is 3.42. The van der Waals surface area contributed by atoms with Crippen molar-refractivity contribution in [1.82, 2.24) is 0 Å². The third kappa shape index (κ3) is 2.40. The molecular weight excluding hydrogens is 172 g/mol. The van der Waals surface area contributed by atoms with Gasteiger partial charge in [-0.2, -0.15) is 0 Å². The Hall–Kier alpha value is -0.720. The second kappa shape index (κ2) is 5.23. The summed E-state index contributed by atoms with van der Waals surface area (Å²) < 4.78 is 5.28. The van der Waals surface area contributed by atoms with Crippen LogP contribution in [0.1, 0.15) is 39.0 Å². The summed E-state index contributed by atoms with van der Waals surface area (Å²) in [5.41, 5.74) is 1.37. The number of hydrogen-bond acceptors (Lipinski definition) is 1. The van der Waals surface area contributed by atoms with Crippen LogP contribution in [0.15, 0.2) is 24.5 Å². The first-order valence-corrected chi connectivity index (χ1v) is 5.61. The SMILES string of the molecule is C=C(CC)C1CCCCC1C(=C)OC. The molecule has 1 nitrogen and oxygen atoms in total. The minimum atomic E-state index is 0.515. The lowest BCUT2D eigenvalue weighted by Gasteiger charge is -2.33. The summed E-state index contributed by atoms with van der Waals surface area (Å²) in [5, 5.41) is 0. The highest BCUT2D eigenvalue weighted by molar-refractivity contribution is 5.09. The van der Waals surface area contributed by atoms with E-state index in [-0.39, 0.29) is 0 Å². The minimum Gasteiger partial charge on any atom is -0.501 e. The van der Waals surface area contributed by atoms with E-state index in [1.165, 1.54) is 31.3 Å². The fourth-order valence-electron chi connectivity index (χ4n) is 2.42. The maximum atomic E-state index is 5.28. The van der Waals surface area contributed by atoms with Crippen molar-refractivity contribution in [2.75, 3.05) is 7.11 Å². The van der Waals surface area contributed by atoms with Crippen LogP contribution in [-0.2, 0) is 4.74 Å². The second-order valence-electron chi connectivity index (χ2n) is 4.18. The van der Waals surface area contributed by atoms with Crippen molar-refractivity contribution < 1.29 is 4.74 Å². The van der Waals surface area contributed by atoms with Gasteiger partial charge in [-0.05, 0) is 25.2 Å². The molecule has 0 aromatic rings. The predicted molar refractivity (Wildman–Crippen MR) is 61.0 cm³/mol. The zero-order valence-electron chi connectivity index (χ0n) is 9.51. The Morgan fingerprint density at radius 1 is 1.21 bits per heavy atom. The summed E-state index contributed by atoms with van der Waals surface area (Å²) in [6.45, 7) is 10.4. The zero-order chi connectivity index (χ0) is 10.6. The van der Waals surface area contributed by atoms with Crippen molar-refractivity contribution in [3.8, 4) is 0 Å². The Balaban J connectivity index is 2.68. The molecule has 0 saturated heterocycles. The lowest BCUT2D eigenvalue weighted by atomic mass is 9.74. The molecule has 0 bridgehead atoms. The number of hydrogen-bond donors (Lipinski definition) is 0. The van der Waals surface area contributed by atoms with Crippen molar-refractivity contribution in [3.05, 3.63) is 24.5 Å². The van der Waals surface area contributed by atoms with Crippen LogP contribution < -0.4 is 0 Å². The van der Waals surface area contributed by atoms with E-state index in [9.17, 15) is 0 Å². The lowest BCUT2D eigenvalue weighted by molar-refractivity contribution is 0.182. The fourth-order valence-corrected chi connectivity index (χ4v) is 2.42. The molecule has 0 N–H and O–H groups in total. The first kappa shape index (κ1) is 11.4. The zero-order valence-corrected chi connectivity index (χ0v) is 9.51. The third-order valence-corrected chi connectivity index (χ3v) is 3.42. The van der Waals surface area contributed by atoms with Gasteiger partial charge in [0.2, 0.25) is 0 Å². The van der Waals surface area contributed by atoms with E-state index in [4.69, 9.17) is 4.74 Å². The van der Waals surface area contributed by atoms with Gasteiger partial charge in [0, 0.05) is 5.92 Å². The Bertz CT molecular complexity index is 193. The Kier molecular flexibility index (Phi) is 4.24. The Morgan fingerprint density at radius 2 is 1.79 bits per heavy atom. The summed E-state index contributed by atoms with van der Waals surface area (Å²) in [7, 11) is 1.72. The number of methoxy groups -OCH3 is 1. The summed E-state index contributed by atoms with van der Waals surface area (Å²) >= 11 is 0. The molecule has 0 aliphatic heterocycles. The molecule has 0 aromatic carbocycles. The van der Waals surface area contributed by atoms with E-state index >= 15 is 0 Å². The van der Waals surface area contributed by atoms with Crippen LogP contribution in [0.5, 0.6) is 0 Å². The van der Waals surface area contributed by atoms with Gasteiger partial charge in [0.15, 0.2) is 0 Å². The molecule has 1 aliphatic carbocycles. The van der Waals surface area contributed by atoms with Crippen LogP contribution in [0.2, 0.25) is 0 Å². The monoisotopic (exact) mass is 194 g/mol. The highest BCUT2D eigenvalue weighted by Gasteiger charge is 2.28. The van der Waals surface area contributed by atoms with Crippen LogP contribution >= 0.6 is 0 Å². The molecule has 1 heteroatoms. The van der Waals surface area contributed by atoms with Gasteiger partial charge in [-0.1, -0.05) is 38.5 Å². The molecule has 0 radical (unpaired) electrons. The van der Waals surface area contributed by atoms with Gasteiger partial charge in [-0.3, -0.25) is 0 Å². The summed E-state index contributed by atoms with van der Waals surface area (Å²) in [5.74, 6) is 2.08. The van der Waals surface area contributed by atoms with Crippen molar-refractivity contribution in [2.45, 2.75) is 39.0 Å². The molecule has 14 heavy (non-hydrogen) atoms. The Labute approximate surface area is 87.8 Å². The van der Waals surface area contributed by atoms with E-state index in [0.717, 1.165) is 12.2 Å². The molecule has 0 amide bonds. The molecule has 0 spiro atoms. The van der Waals surface area contributed by atoms with Gasteiger partial charge in [-0.25, -0.2) is 0 Å². The van der Waals surface area contributed by atoms with E-state index in [1.807, 2.05) is 0 Å². The lowest BCUT2D eigenvalue weighted by Crippen LogP contribution is -2.23. The standard InChI is InChI=1S/C13H22O/c1-5-10(2)12-8-6-7-9-13(12)11(3)14-4/h12-13H,2-3,5-9H2,1,4H3. The molecule has 1 aliphatic rings. The topological polar surface area (TPSA) is 9.23 Å². The molecular formula is C13H22O. The van der Waals surface area contributed by atoms with Crippen LogP contribution in [0, 0.1) is 11.8 Å². The summed E-state index contributed by atoms with van der Waals surface area (Å²) in [4.78, 5) is 0. The first-order chi connectivity index (χ1) is 6.70. The fraction of sp³-hybridized carbons (Fsp3) is 0.692. The van der Waals surface area contributed by atoms with Crippen LogP contribution in [-0.4, -0.2) is 7.11 Å². The van der Waals surface area contributed by atoms with Crippen LogP contribution in [0.3, 0.4) is 0 Å². The van der Waals surface area contributed by atoms with Gasteiger partial charge in [-0.15, -0.1) is 0 Å². The van der Waals surface area contributed by atoms with Crippen molar-refractivity contribution in [2.24, 2.45) is 11.8 Å². The molecule has 80 valence electrons. The van der Waals surface area contributed by atoms with E-state index in [0.29, 0.717) is 11.8 Å². The predicted octanol–water partition coefficient (Wildman–Crippen LogP) is 3.92.